The highest BCUT2D eigenvalue weighted by molar-refractivity contribution is 5.30. The van der Waals surface area contributed by atoms with Gasteiger partial charge >= 0.3 is 0 Å². The maximum atomic E-state index is 2.45. The molecule has 0 bridgehead atoms. The lowest BCUT2D eigenvalue weighted by molar-refractivity contribution is 0.378. The van der Waals surface area contributed by atoms with E-state index in [2.05, 4.69) is 33.8 Å². The molecule has 15 heavy (non-hydrogen) atoms. The van der Waals surface area contributed by atoms with E-state index in [1.807, 2.05) is 0 Å². The summed E-state index contributed by atoms with van der Waals surface area (Å²) in [6.45, 7) is 9.56. The Labute approximate surface area is 94.5 Å². The fraction of sp³-hybridized carbons (Fsp3) is 0.733. The Bertz CT molecular complexity index is 315. The molecule has 2 aliphatic rings. The minimum Gasteiger partial charge on any atom is -0.0853 e. The van der Waals surface area contributed by atoms with Crippen molar-refractivity contribution in [2.75, 3.05) is 0 Å². The molecule has 0 aromatic heterocycles. The van der Waals surface area contributed by atoms with Crippen LogP contribution >= 0.6 is 0 Å². The molecule has 0 nitrogen and oxygen atoms in total. The van der Waals surface area contributed by atoms with Gasteiger partial charge in [-0.05, 0) is 50.4 Å². The van der Waals surface area contributed by atoms with Crippen LogP contribution in [0.15, 0.2) is 22.8 Å². The van der Waals surface area contributed by atoms with Gasteiger partial charge in [0.15, 0.2) is 0 Å². The quantitative estimate of drug-likeness (QED) is 0.494. The minimum absolute atomic E-state index is 0.531. The number of hydrogen-bond donors (Lipinski definition) is 0. The summed E-state index contributed by atoms with van der Waals surface area (Å²) in [6, 6.07) is 0. The fourth-order valence-corrected chi connectivity index (χ4v) is 3.26. The van der Waals surface area contributed by atoms with E-state index in [0.29, 0.717) is 5.41 Å². The van der Waals surface area contributed by atoms with E-state index in [0.717, 1.165) is 5.92 Å². The van der Waals surface area contributed by atoms with Crippen molar-refractivity contribution in [3.8, 4) is 0 Å². The third-order valence-electron chi connectivity index (χ3n) is 3.99. The van der Waals surface area contributed by atoms with Crippen LogP contribution in [0.1, 0.15) is 59.8 Å². The van der Waals surface area contributed by atoms with Gasteiger partial charge in [0.05, 0.1) is 0 Å². The van der Waals surface area contributed by atoms with Crippen molar-refractivity contribution in [3.05, 3.63) is 22.8 Å². The number of hydrogen-bond acceptors (Lipinski definition) is 0. The molecule has 0 aliphatic heterocycles. The number of rotatable bonds is 0. The van der Waals surface area contributed by atoms with Gasteiger partial charge in [0, 0.05) is 0 Å². The van der Waals surface area contributed by atoms with Crippen molar-refractivity contribution >= 4 is 0 Å². The van der Waals surface area contributed by atoms with Crippen LogP contribution in [0.3, 0.4) is 0 Å². The molecule has 0 saturated carbocycles. The van der Waals surface area contributed by atoms with Gasteiger partial charge in [-0.25, -0.2) is 0 Å². The average Bonchev–Trinajstić information content (AvgIpc) is 2.39. The van der Waals surface area contributed by atoms with Crippen molar-refractivity contribution in [2.24, 2.45) is 11.3 Å². The monoisotopic (exact) mass is 204 g/mol. The van der Waals surface area contributed by atoms with Gasteiger partial charge in [-0.2, -0.15) is 0 Å². The Morgan fingerprint density at radius 3 is 2.73 bits per heavy atom. The first-order chi connectivity index (χ1) is 6.98. The molecule has 0 aromatic rings. The fourth-order valence-electron chi connectivity index (χ4n) is 3.26. The lowest BCUT2D eigenvalue weighted by Crippen LogP contribution is -2.07. The molecule has 0 heterocycles. The summed E-state index contributed by atoms with van der Waals surface area (Å²) < 4.78 is 0. The van der Waals surface area contributed by atoms with Crippen molar-refractivity contribution < 1.29 is 0 Å². The Kier molecular flexibility index (Phi) is 2.79. The average molecular weight is 204 g/mol. The highest BCUT2D eigenvalue weighted by atomic mass is 14.4. The molecule has 0 radical (unpaired) electrons. The summed E-state index contributed by atoms with van der Waals surface area (Å²) in [4.78, 5) is 0. The van der Waals surface area contributed by atoms with Crippen LogP contribution in [0.2, 0.25) is 0 Å². The molecular weight excluding hydrogens is 180 g/mol. The summed E-state index contributed by atoms with van der Waals surface area (Å²) in [5, 5.41) is 0. The van der Waals surface area contributed by atoms with Crippen molar-refractivity contribution in [2.45, 2.75) is 59.8 Å². The molecule has 0 fully saturated rings. The zero-order chi connectivity index (χ0) is 11.1. The van der Waals surface area contributed by atoms with Crippen LogP contribution in [0.4, 0.5) is 0 Å². The number of allylic oxidation sites excluding steroid dienone is 4. The normalized spacial score (nSPS) is 34.1. The molecule has 0 saturated heterocycles. The predicted octanol–water partition coefficient (Wildman–Crippen LogP) is 4.87. The second kappa shape index (κ2) is 3.81. The van der Waals surface area contributed by atoms with Gasteiger partial charge in [-0.15, -0.1) is 0 Å². The molecule has 0 spiro atoms. The van der Waals surface area contributed by atoms with Gasteiger partial charge in [0.25, 0.3) is 0 Å². The Morgan fingerprint density at radius 1 is 1.27 bits per heavy atom. The highest BCUT2D eigenvalue weighted by Crippen LogP contribution is 2.47. The van der Waals surface area contributed by atoms with E-state index in [4.69, 9.17) is 0 Å². The van der Waals surface area contributed by atoms with Crippen LogP contribution in [-0.2, 0) is 0 Å². The van der Waals surface area contributed by atoms with E-state index in [9.17, 15) is 0 Å². The van der Waals surface area contributed by atoms with Crippen LogP contribution in [0, 0.1) is 11.3 Å². The summed E-state index contributed by atoms with van der Waals surface area (Å²) in [6.07, 6.45) is 9.01. The molecule has 1 atom stereocenters. The van der Waals surface area contributed by atoms with Gasteiger partial charge in [0.2, 0.25) is 0 Å². The molecule has 84 valence electrons. The van der Waals surface area contributed by atoms with E-state index in [-0.39, 0.29) is 0 Å². The Morgan fingerprint density at radius 2 is 2.00 bits per heavy atom. The SMILES string of the molecule is C/C1=C/CC[C@H](C)C2=C(C1)CC(C)(C)C2. The predicted molar refractivity (Wildman–Crippen MR) is 66.8 cm³/mol. The lowest BCUT2D eigenvalue weighted by atomic mass is 9.86. The Hall–Kier alpha value is -0.520. The molecule has 0 N–H and O–H groups in total. The molecule has 0 amide bonds. The first-order valence-corrected chi connectivity index (χ1v) is 6.34. The summed E-state index contributed by atoms with van der Waals surface area (Å²) >= 11 is 0. The maximum absolute atomic E-state index is 2.45. The molecular formula is C15H24. The molecule has 0 aromatic carbocycles. The molecule has 0 heteroatoms. The van der Waals surface area contributed by atoms with E-state index in [1.54, 1.807) is 16.7 Å². The van der Waals surface area contributed by atoms with Crippen LogP contribution in [-0.4, -0.2) is 0 Å². The Balaban J connectivity index is 2.26. The van der Waals surface area contributed by atoms with E-state index in [1.165, 1.54) is 32.1 Å². The highest BCUT2D eigenvalue weighted by Gasteiger charge is 2.32. The van der Waals surface area contributed by atoms with Gasteiger partial charge in [-0.3, -0.25) is 0 Å². The van der Waals surface area contributed by atoms with Crippen molar-refractivity contribution in [3.63, 3.8) is 0 Å². The second-order valence-electron chi connectivity index (χ2n) is 6.35. The topological polar surface area (TPSA) is 0 Å². The van der Waals surface area contributed by atoms with Crippen LogP contribution in [0.5, 0.6) is 0 Å². The summed E-state index contributed by atoms with van der Waals surface area (Å²) in [5.41, 5.74) is 5.68. The maximum Gasteiger partial charge on any atom is -0.0108 e. The minimum atomic E-state index is 0.531. The lowest BCUT2D eigenvalue weighted by Gasteiger charge is -2.19. The van der Waals surface area contributed by atoms with Crippen molar-refractivity contribution in [1.82, 2.24) is 0 Å². The smallest absolute Gasteiger partial charge is 0.0108 e. The second-order valence-corrected chi connectivity index (χ2v) is 6.35. The summed E-state index contributed by atoms with van der Waals surface area (Å²) in [5.74, 6) is 0.825. The van der Waals surface area contributed by atoms with Gasteiger partial charge in [-0.1, -0.05) is 43.6 Å². The molecule has 0 unspecified atom stereocenters. The summed E-state index contributed by atoms with van der Waals surface area (Å²) in [7, 11) is 0. The zero-order valence-corrected chi connectivity index (χ0v) is 10.7. The first-order valence-electron chi connectivity index (χ1n) is 6.34. The third kappa shape index (κ3) is 2.35. The van der Waals surface area contributed by atoms with Gasteiger partial charge in [0.1, 0.15) is 0 Å². The first kappa shape index (κ1) is 11.0. The van der Waals surface area contributed by atoms with E-state index >= 15 is 0 Å². The van der Waals surface area contributed by atoms with Crippen molar-refractivity contribution in [1.29, 1.82) is 0 Å². The zero-order valence-electron chi connectivity index (χ0n) is 10.7. The van der Waals surface area contributed by atoms with E-state index < -0.39 is 0 Å². The third-order valence-corrected chi connectivity index (χ3v) is 3.99. The van der Waals surface area contributed by atoms with Crippen LogP contribution < -0.4 is 0 Å². The largest absolute Gasteiger partial charge is 0.0853 e. The van der Waals surface area contributed by atoms with Gasteiger partial charge < -0.3 is 0 Å². The standard InChI is InChI=1S/C15H24/c1-11-6-5-7-12(2)14-10-15(3,4)9-13(14)8-11/h6,12H,5,7-10H2,1-4H3/b11-6-/t12-/m0/s1. The molecule has 2 aliphatic carbocycles. The molecule has 2 rings (SSSR count). The van der Waals surface area contributed by atoms with Crippen LogP contribution in [0.25, 0.3) is 0 Å².